The first-order valence-corrected chi connectivity index (χ1v) is 10.1. The van der Waals surface area contributed by atoms with Gasteiger partial charge in [0, 0.05) is 31.2 Å². The SMILES string of the molecule is O=C(COc1ccc(F)cc1)N1CCN(S(=O)(=O)c2ccc(Cl)cc2)CC1. The molecule has 6 nitrogen and oxygen atoms in total. The fourth-order valence-electron chi connectivity index (χ4n) is 2.70. The second-order valence-electron chi connectivity index (χ2n) is 5.98. The number of piperazine rings is 1. The second-order valence-corrected chi connectivity index (χ2v) is 8.36. The van der Waals surface area contributed by atoms with Gasteiger partial charge in [0.1, 0.15) is 11.6 Å². The number of carbonyl (C=O) groups is 1. The zero-order chi connectivity index (χ0) is 19.4. The summed E-state index contributed by atoms with van der Waals surface area (Å²) in [6.45, 7) is 0.771. The molecule has 1 fully saturated rings. The van der Waals surface area contributed by atoms with E-state index in [0.29, 0.717) is 10.8 Å². The van der Waals surface area contributed by atoms with Crippen LogP contribution in [0.5, 0.6) is 5.75 Å². The summed E-state index contributed by atoms with van der Waals surface area (Å²) in [5.41, 5.74) is 0. The normalized spacial score (nSPS) is 15.6. The zero-order valence-electron chi connectivity index (χ0n) is 14.3. The van der Waals surface area contributed by atoms with Gasteiger partial charge in [0.25, 0.3) is 5.91 Å². The van der Waals surface area contributed by atoms with Crippen molar-refractivity contribution in [2.24, 2.45) is 0 Å². The fourth-order valence-corrected chi connectivity index (χ4v) is 4.25. The second kappa shape index (κ2) is 8.24. The molecule has 1 saturated heterocycles. The molecule has 0 atom stereocenters. The van der Waals surface area contributed by atoms with Crippen LogP contribution in [0.3, 0.4) is 0 Å². The van der Waals surface area contributed by atoms with Gasteiger partial charge in [-0.15, -0.1) is 0 Å². The van der Waals surface area contributed by atoms with Crippen LogP contribution in [0, 0.1) is 5.82 Å². The highest BCUT2D eigenvalue weighted by atomic mass is 35.5. The van der Waals surface area contributed by atoms with Crippen LogP contribution in [0.4, 0.5) is 4.39 Å². The molecule has 1 aliphatic heterocycles. The van der Waals surface area contributed by atoms with E-state index in [9.17, 15) is 17.6 Å². The highest BCUT2D eigenvalue weighted by Gasteiger charge is 2.30. The van der Waals surface area contributed by atoms with Crippen LogP contribution in [0.2, 0.25) is 5.02 Å². The van der Waals surface area contributed by atoms with Crippen LogP contribution in [0.15, 0.2) is 53.4 Å². The Hall–Kier alpha value is -2.16. The molecule has 144 valence electrons. The monoisotopic (exact) mass is 412 g/mol. The van der Waals surface area contributed by atoms with E-state index in [-0.39, 0.29) is 49.4 Å². The lowest BCUT2D eigenvalue weighted by Gasteiger charge is -2.34. The average Bonchev–Trinajstić information content (AvgIpc) is 2.68. The van der Waals surface area contributed by atoms with Crippen LogP contribution in [-0.4, -0.2) is 56.3 Å². The first-order chi connectivity index (χ1) is 12.9. The standard InChI is InChI=1S/C18H18ClFN2O4S/c19-14-1-7-17(8-2-14)27(24,25)22-11-9-21(10-12-22)18(23)13-26-16-5-3-15(20)4-6-16/h1-8H,9-13H2. The van der Waals surface area contributed by atoms with Crippen molar-refractivity contribution in [3.8, 4) is 5.75 Å². The Balaban J connectivity index is 1.54. The predicted octanol–water partition coefficient (Wildman–Crippen LogP) is 2.39. The van der Waals surface area contributed by atoms with Gasteiger partial charge in [-0.3, -0.25) is 4.79 Å². The molecule has 27 heavy (non-hydrogen) atoms. The number of nitrogens with zero attached hydrogens (tertiary/aromatic N) is 2. The molecule has 0 aliphatic carbocycles. The summed E-state index contributed by atoms with van der Waals surface area (Å²) in [6, 6.07) is 11.4. The maximum atomic E-state index is 12.9. The number of ether oxygens (including phenoxy) is 1. The lowest BCUT2D eigenvalue weighted by molar-refractivity contribution is -0.134. The summed E-state index contributed by atoms with van der Waals surface area (Å²) in [7, 11) is -3.62. The number of carbonyl (C=O) groups excluding carboxylic acids is 1. The average molecular weight is 413 g/mol. The molecule has 0 bridgehead atoms. The quantitative estimate of drug-likeness (QED) is 0.756. The Bertz CT molecular complexity index is 896. The van der Waals surface area contributed by atoms with Crippen molar-refractivity contribution in [1.29, 1.82) is 0 Å². The van der Waals surface area contributed by atoms with Crippen molar-refractivity contribution >= 4 is 27.5 Å². The smallest absolute Gasteiger partial charge is 0.260 e. The molecule has 9 heteroatoms. The van der Waals surface area contributed by atoms with Crippen molar-refractivity contribution < 1.29 is 22.3 Å². The van der Waals surface area contributed by atoms with Crippen LogP contribution >= 0.6 is 11.6 Å². The third kappa shape index (κ3) is 4.77. The van der Waals surface area contributed by atoms with E-state index in [1.807, 2.05) is 0 Å². The van der Waals surface area contributed by atoms with E-state index < -0.39 is 10.0 Å². The number of halogens is 2. The molecule has 1 aliphatic rings. The zero-order valence-corrected chi connectivity index (χ0v) is 15.9. The maximum absolute atomic E-state index is 12.9. The van der Waals surface area contributed by atoms with Gasteiger partial charge in [0.05, 0.1) is 4.90 Å². The largest absolute Gasteiger partial charge is 0.484 e. The molecule has 0 radical (unpaired) electrons. The molecule has 0 saturated carbocycles. The van der Waals surface area contributed by atoms with E-state index >= 15 is 0 Å². The first-order valence-electron chi connectivity index (χ1n) is 8.28. The van der Waals surface area contributed by atoms with Gasteiger partial charge in [-0.2, -0.15) is 4.31 Å². The molecule has 1 amide bonds. The van der Waals surface area contributed by atoms with Crippen molar-refractivity contribution in [2.75, 3.05) is 32.8 Å². The lowest BCUT2D eigenvalue weighted by atomic mass is 10.3. The third-order valence-electron chi connectivity index (χ3n) is 4.22. The molecule has 1 heterocycles. The third-order valence-corrected chi connectivity index (χ3v) is 6.38. The van der Waals surface area contributed by atoms with Crippen molar-refractivity contribution in [2.45, 2.75) is 4.90 Å². The molecular weight excluding hydrogens is 395 g/mol. The highest BCUT2D eigenvalue weighted by molar-refractivity contribution is 7.89. The molecule has 0 spiro atoms. The Morgan fingerprint density at radius 2 is 1.59 bits per heavy atom. The summed E-state index contributed by atoms with van der Waals surface area (Å²) in [5, 5.41) is 0.463. The Kier molecular flexibility index (Phi) is 5.98. The van der Waals surface area contributed by atoms with Gasteiger partial charge < -0.3 is 9.64 Å². The van der Waals surface area contributed by atoms with E-state index in [4.69, 9.17) is 16.3 Å². The van der Waals surface area contributed by atoms with E-state index in [1.54, 1.807) is 4.90 Å². The van der Waals surface area contributed by atoms with Crippen LogP contribution in [-0.2, 0) is 14.8 Å². The minimum atomic E-state index is -3.62. The summed E-state index contributed by atoms with van der Waals surface area (Å²) in [6.07, 6.45) is 0. The molecule has 0 unspecified atom stereocenters. The van der Waals surface area contributed by atoms with Gasteiger partial charge in [-0.1, -0.05) is 11.6 Å². The van der Waals surface area contributed by atoms with Gasteiger partial charge in [0.15, 0.2) is 6.61 Å². The number of rotatable bonds is 5. The lowest BCUT2D eigenvalue weighted by Crippen LogP contribution is -2.51. The Labute approximate surface area is 162 Å². The van der Waals surface area contributed by atoms with Gasteiger partial charge in [-0.05, 0) is 48.5 Å². The van der Waals surface area contributed by atoms with Gasteiger partial charge in [0.2, 0.25) is 10.0 Å². The first kappa shape index (κ1) is 19.6. The summed E-state index contributed by atoms with van der Waals surface area (Å²) in [4.78, 5) is 14.0. The van der Waals surface area contributed by atoms with Crippen molar-refractivity contribution in [1.82, 2.24) is 9.21 Å². The van der Waals surface area contributed by atoms with Crippen molar-refractivity contribution in [3.05, 3.63) is 59.4 Å². The molecular formula is C18H18ClFN2O4S. The predicted molar refractivity (Wildman–Crippen MR) is 98.7 cm³/mol. The van der Waals surface area contributed by atoms with Crippen LogP contribution in [0.1, 0.15) is 0 Å². The van der Waals surface area contributed by atoms with E-state index in [1.165, 1.54) is 52.8 Å². The van der Waals surface area contributed by atoms with E-state index in [2.05, 4.69) is 0 Å². The number of hydrogen-bond acceptors (Lipinski definition) is 4. The number of benzene rings is 2. The molecule has 2 aromatic carbocycles. The van der Waals surface area contributed by atoms with Crippen molar-refractivity contribution in [3.63, 3.8) is 0 Å². The maximum Gasteiger partial charge on any atom is 0.260 e. The summed E-state index contributed by atoms with van der Waals surface area (Å²) < 4.78 is 44.8. The van der Waals surface area contributed by atoms with Crippen LogP contribution < -0.4 is 4.74 Å². The fraction of sp³-hybridized carbons (Fsp3) is 0.278. The minimum Gasteiger partial charge on any atom is -0.484 e. The summed E-state index contributed by atoms with van der Waals surface area (Å²) in [5.74, 6) is -0.233. The van der Waals surface area contributed by atoms with Gasteiger partial charge in [-0.25, -0.2) is 12.8 Å². The number of hydrogen-bond donors (Lipinski definition) is 0. The molecule has 0 N–H and O–H groups in total. The van der Waals surface area contributed by atoms with E-state index in [0.717, 1.165) is 0 Å². The summed E-state index contributed by atoms with van der Waals surface area (Å²) >= 11 is 5.80. The number of sulfonamides is 1. The number of amides is 1. The van der Waals surface area contributed by atoms with Crippen LogP contribution in [0.25, 0.3) is 0 Å². The topological polar surface area (TPSA) is 66.9 Å². The van der Waals surface area contributed by atoms with Gasteiger partial charge >= 0.3 is 0 Å². The Morgan fingerprint density at radius 1 is 1.00 bits per heavy atom. The molecule has 3 rings (SSSR count). The Morgan fingerprint density at radius 3 is 2.19 bits per heavy atom. The minimum absolute atomic E-state index is 0.173. The molecule has 2 aromatic rings. The molecule has 0 aromatic heterocycles. The highest BCUT2D eigenvalue weighted by Crippen LogP contribution is 2.20.